The lowest BCUT2D eigenvalue weighted by Gasteiger charge is -2.12. The normalized spacial score (nSPS) is 11.6. The van der Waals surface area contributed by atoms with Gasteiger partial charge in [-0.15, -0.1) is 0 Å². The largest absolute Gasteiger partial charge is 0.504 e. The Morgan fingerprint density at radius 1 is 0.522 bits per heavy atom. The van der Waals surface area contributed by atoms with Gasteiger partial charge in [-0.25, -0.2) is 22.0 Å². The molecule has 0 atom stereocenters. The van der Waals surface area contributed by atoms with E-state index in [9.17, 15) is 40.9 Å². The molecule has 0 saturated carbocycles. The minimum Gasteiger partial charge on any atom is -0.504 e. The lowest BCUT2D eigenvalue weighted by Crippen LogP contribution is -2.00. The van der Waals surface area contributed by atoms with Gasteiger partial charge in [0.15, 0.2) is 34.8 Å². The fourth-order valence-corrected chi connectivity index (χ4v) is 2.36. The van der Waals surface area contributed by atoms with E-state index in [0.717, 1.165) is 0 Å². The first-order valence-electron chi connectivity index (χ1n) is 5.85. The SMILES string of the molecule is Oc1c(F)c(F)c(F)c2c1cc(F)c1c(F)c(F)c(F)c(O)c12. The lowest BCUT2D eigenvalue weighted by atomic mass is 9.98. The highest BCUT2D eigenvalue weighted by molar-refractivity contribution is 6.13. The predicted octanol–water partition coefficient (Wildman–Crippen LogP) is 4.38. The highest BCUT2D eigenvalue weighted by Gasteiger charge is 2.29. The summed E-state index contributed by atoms with van der Waals surface area (Å²) in [4.78, 5) is 0. The van der Waals surface area contributed by atoms with E-state index in [1.165, 1.54) is 0 Å². The van der Waals surface area contributed by atoms with Crippen molar-refractivity contribution in [1.82, 2.24) is 0 Å². The van der Waals surface area contributed by atoms with E-state index in [1.54, 1.807) is 0 Å². The van der Waals surface area contributed by atoms with E-state index in [1.807, 2.05) is 0 Å². The van der Waals surface area contributed by atoms with Crippen molar-refractivity contribution >= 4 is 21.5 Å². The molecule has 0 spiro atoms. The maximum absolute atomic E-state index is 13.9. The molecular formula is C14H3F7O2. The van der Waals surface area contributed by atoms with Gasteiger partial charge >= 0.3 is 0 Å². The fraction of sp³-hybridized carbons (Fsp3) is 0. The highest BCUT2D eigenvalue weighted by atomic mass is 19.2. The van der Waals surface area contributed by atoms with Crippen LogP contribution >= 0.6 is 0 Å². The monoisotopic (exact) mass is 336 g/mol. The van der Waals surface area contributed by atoms with Crippen LogP contribution in [0.3, 0.4) is 0 Å². The van der Waals surface area contributed by atoms with Gasteiger partial charge in [0.05, 0.1) is 5.39 Å². The Bertz CT molecular complexity index is 1010. The average Bonchev–Trinajstić information content (AvgIpc) is 2.53. The van der Waals surface area contributed by atoms with E-state index in [4.69, 9.17) is 0 Å². The molecule has 2 N–H and O–H groups in total. The molecule has 9 heteroatoms. The molecule has 0 aliphatic rings. The molecule has 0 aromatic heterocycles. The highest BCUT2D eigenvalue weighted by Crippen LogP contribution is 2.43. The van der Waals surface area contributed by atoms with Gasteiger partial charge in [0.25, 0.3) is 0 Å². The number of phenolic OH excluding ortho intramolecular Hbond substituents is 2. The van der Waals surface area contributed by atoms with E-state index in [-0.39, 0.29) is 6.07 Å². The molecule has 3 aromatic carbocycles. The van der Waals surface area contributed by atoms with Gasteiger partial charge in [0.1, 0.15) is 5.82 Å². The number of hydrogen-bond acceptors (Lipinski definition) is 2. The van der Waals surface area contributed by atoms with Crippen molar-refractivity contribution in [1.29, 1.82) is 0 Å². The van der Waals surface area contributed by atoms with E-state index in [0.29, 0.717) is 0 Å². The zero-order valence-electron chi connectivity index (χ0n) is 10.6. The van der Waals surface area contributed by atoms with Crippen LogP contribution in [0, 0.1) is 40.7 Å². The number of hydrogen-bond donors (Lipinski definition) is 2. The van der Waals surface area contributed by atoms with Gasteiger partial charge < -0.3 is 10.2 Å². The van der Waals surface area contributed by atoms with Gasteiger partial charge in [0.2, 0.25) is 11.6 Å². The summed E-state index contributed by atoms with van der Waals surface area (Å²) in [7, 11) is 0. The minimum atomic E-state index is -2.24. The number of aromatic hydroxyl groups is 2. The van der Waals surface area contributed by atoms with Gasteiger partial charge in [0, 0.05) is 16.2 Å². The molecule has 3 aromatic rings. The van der Waals surface area contributed by atoms with Crippen LogP contribution in [0.4, 0.5) is 30.7 Å². The molecule has 0 fully saturated rings. The summed E-state index contributed by atoms with van der Waals surface area (Å²) in [5, 5.41) is 14.1. The van der Waals surface area contributed by atoms with Crippen molar-refractivity contribution in [3.8, 4) is 11.5 Å². The Kier molecular flexibility index (Phi) is 3.07. The van der Waals surface area contributed by atoms with Crippen molar-refractivity contribution in [3.05, 3.63) is 46.8 Å². The number of halogens is 7. The first-order chi connectivity index (χ1) is 10.7. The maximum atomic E-state index is 13.9. The number of benzene rings is 3. The molecule has 0 aliphatic heterocycles. The number of phenols is 2. The predicted molar refractivity (Wildman–Crippen MR) is 64.5 cm³/mol. The maximum Gasteiger partial charge on any atom is 0.204 e. The standard InChI is InChI=1S/C14H3F7O2/c15-3-1-2-4(7(16)9(18)11(20)13(2)22)6-5(3)8(17)10(19)12(21)14(6)23/h1,22-23H. The summed E-state index contributed by atoms with van der Waals surface area (Å²) >= 11 is 0. The molecule has 0 heterocycles. The molecule has 0 amide bonds. The second kappa shape index (κ2) is 4.64. The molecule has 0 radical (unpaired) electrons. The molecule has 3 rings (SSSR count). The van der Waals surface area contributed by atoms with Crippen LogP contribution in [0.15, 0.2) is 6.07 Å². The van der Waals surface area contributed by atoms with Crippen LogP contribution in [0.5, 0.6) is 11.5 Å². The van der Waals surface area contributed by atoms with Gasteiger partial charge in [-0.05, 0) is 6.07 Å². The number of fused-ring (bicyclic) bond motifs is 3. The molecule has 120 valence electrons. The van der Waals surface area contributed by atoms with Crippen LogP contribution in [-0.4, -0.2) is 10.2 Å². The Morgan fingerprint density at radius 3 is 1.57 bits per heavy atom. The lowest BCUT2D eigenvalue weighted by molar-refractivity contribution is 0.391. The first-order valence-corrected chi connectivity index (χ1v) is 5.85. The Balaban J connectivity index is 2.80. The number of rotatable bonds is 0. The van der Waals surface area contributed by atoms with Crippen LogP contribution in [-0.2, 0) is 0 Å². The minimum absolute atomic E-state index is 0.207. The molecule has 0 saturated heterocycles. The molecule has 0 bridgehead atoms. The summed E-state index contributed by atoms with van der Waals surface area (Å²) < 4.78 is 95.0. The molecular weight excluding hydrogens is 333 g/mol. The van der Waals surface area contributed by atoms with Gasteiger partial charge in [-0.3, -0.25) is 0 Å². The van der Waals surface area contributed by atoms with Gasteiger partial charge in [-0.2, -0.15) is 8.78 Å². The summed E-state index contributed by atoms with van der Waals surface area (Å²) in [6.07, 6.45) is 0. The molecule has 23 heavy (non-hydrogen) atoms. The first kappa shape index (κ1) is 15.2. The second-order valence-electron chi connectivity index (χ2n) is 4.61. The van der Waals surface area contributed by atoms with Crippen molar-refractivity contribution < 1.29 is 40.9 Å². The summed E-state index contributed by atoms with van der Waals surface area (Å²) in [5.41, 5.74) is 0. The third-order valence-electron chi connectivity index (χ3n) is 3.40. The van der Waals surface area contributed by atoms with Crippen molar-refractivity contribution in [2.24, 2.45) is 0 Å². The van der Waals surface area contributed by atoms with Crippen LogP contribution in [0.2, 0.25) is 0 Å². The molecule has 0 unspecified atom stereocenters. The average molecular weight is 336 g/mol. The topological polar surface area (TPSA) is 40.5 Å². The van der Waals surface area contributed by atoms with Crippen LogP contribution in [0.25, 0.3) is 21.5 Å². The molecule has 0 aliphatic carbocycles. The molecule has 2 nitrogen and oxygen atoms in total. The second-order valence-corrected chi connectivity index (χ2v) is 4.61. The summed E-state index contributed by atoms with van der Waals surface area (Å²) in [5.74, 6) is -17.7. The fourth-order valence-electron chi connectivity index (χ4n) is 2.36. The van der Waals surface area contributed by atoms with Crippen molar-refractivity contribution in [2.75, 3.05) is 0 Å². The Hall–Kier alpha value is -2.71. The quantitative estimate of drug-likeness (QED) is 0.363. The third-order valence-corrected chi connectivity index (χ3v) is 3.40. The van der Waals surface area contributed by atoms with Crippen molar-refractivity contribution in [2.45, 2.75) is 0 Å². The Labute approximate surface area is 122 Å². The van der Waals surface area contributed by atoms with Crippen molar-refractivity contribution in [3.63, 3.8) is 0 Å². The summed E-state index contributed by atoms with van der Waals surface area (Å²) in [6, 6.07) is 0.207. The zero-order valence-corrected chi connectivity index (χ0v) is 10.6. The van der Waals surface area contributed by atoms with E-state index in [2.05, 4.69) is 0 Å². The Morgan fingerprint density at radius 2 is 1.00 bits per heavy atom. The van der Waals surface area contributed by atoms with E-state index >= 15 is 0 Å². The van der Waals surface area contributed by atoms with Gasteiger partial charge in [-0.1, -0.05) is 0 Å². The third kappa shape index (κ3) is 1.76. The zero-order chi connectivity index (χ0) is 17.2. The summed E-state index contributed by atoms with van der Waals surface area (Å²) in [6.45, 7) is 0. The van der Waals surface area contributed by atoms with E-state index < -0.39 is 73.8 Å². The van der Waals surface area contributed by atoms with Crippen LogP contribution in [0.1, 0.15) is 0 Å². The van der Waals surface area contributed by atoms with Crippen LogP contribution < -0.4 is 0 Å². The smallest absolute Gasteiger partial charge is 0.204 e.